The molecule has 0 aliphatic rings. The lowest BCUT2D eigenvalue weighted by molar-refractivity contribution is -0.112. The molecular weight excluding hydrogens is 344 g/mol. The van der Waals surface area contributed by atoms with Crippen LogP contribution in [0.25, 0.3) is 0 Å². The van der Waals surface area contributed by atoms with Crippen molar-refractivity contribution in [1.82, 2.24) is 0 Å². The molecule has 0 aromatic heterocycles. The quantitative estimate of drug-likeness (QED) is 0.424. The summed E-state index contributed by atoms with van der Waals surface area (Å²) in [5, 5.41) is 2.73. The van der Waals surface area contributed by atoms with E-state index in [2.05, 4.69) is 37.8 Å². The molecule has 0 aliphatic heterocycles. The molecule has 3 aromatic rings. The highest BCUT2D eigenvalue weighted by molar-refractivity contribution is 7.22. The van der Waals surface area contributed by atoms with E-state index in [-0.39, 0.29) is 5.92 Å². The second-order valence-electron chi connectivity index (χ2n) is 7.14. The van der Waals surface area contributed by atoms with Crippen LogP contribution < -0.4 is 10.4 Å². The largest absolute Gasteiger partial charge is 0.304 e. The lowest BCUT2D eigenvalue weighted by atomic mass is 10.2. The van der Waals surface area contributed by atoms with Gasteiger partial charge in [0.1, 0.15) is 5.41 Å². The maximum Gasteiger partial charge on any atom is 0.194 e. The Kier molecular flexibility index (Phi) is 6.20. The van der Waals surface area contributed by atoms with Crippen LogP contribution in [0.2, 0.25) is 6.04 Å². The zero-order chi connectivity index (χ0) is 19.1. The first-order valence-electron chi connectivity index (χ1n) is 9.47. The molecule has 1 atom stereocenters. The lowest BCUT2D eigenvalue weighted by Gasteiger charge is -2.33. The number of benzene rings is 3. The summed E-state index contributed by atoms with van der Waals surface area (Å²) >= 11 is 0. The Morgan fingerprint density at radius 2 is 1.30 bits per heavy atom. The van der Waals surface area contributed by atoms with E-state index in [9.17, 15) is 4.79 Å². The Bertz CT molecular complexity index is 832. The average molecular weight is 371 g/mol. The van der Waals surface area contributed by atoms with Gasteiger partial charge in [0, 0.05) is 6.42 Å². The first kappa shape index (κ1) is 19.1. The molecule has 0 N–H and O–H groups in total. The monoisotopic (exact) mass is 370 g/mol. The fraction of sp³-hybridized carbons (Fsp3) is 0.160. The molecule has 0 heterocycles. The van der Waals surface area contributed by atoms with Gasteiger partial charge in [-0.15, -0.1) is 6.58 Å². The first-order valence-corrected chi connectivity index (χ1v) is 11.7. The summed E-state index contributed by atoms with van der Waals surface area (Å²) in [5.41, 5.74) is 1.08. The number of hydrogen-bond donors (Lipinski definition) is 0. The molecule has 0 saturated heterocycles. The van der Waals surface area contributed by atoms with Crippen molar-refractivity contribution in [2.45, 2.75) is 19.4 Å². The fourth-order valence-corrected chi connectivity index (χ4v) is 8.62. The zero-order valence-electron chi connectivity index (χ0n) is 15.8. The Hall–Kier alpha value is -2.71. The van der Waals surface area contributed by atoms with E-state index in [1.807, 2.05) is 72.8 Å². The van der Waals surface area contributed by atoms with E-state index >= 15 is 0 Å². The summed E-state index contributed by atoms with van der Waals surface area (Å²) < 4.78 is 0. The van der Waals surface area contributed by atoms with Crippen LogP contribution in [-0.2, 0) is 11.2 Å². The molecule has 0 radical (unpaired) electrons. The van der Waals surface area contributed by atoms with Crippen molar-refractivity contribution in [3.63, 3.8) is 0 Å². The maximum atomic E-state index is 13.9. The summed E-state index contributed by atoms with van der Waals surface area (Å²) in [6.07, 6.45) is 2.45. The van der Waals surface area contributed by atoms with Gasteiger partial charge in [-0.3, -0.25) is 0 Å². The van der Waals surface area contributed by atoms with Gasteiger partial charge >= 0.3 is 0 Å². The topological polar surface area (TPSA) is 17.1 Å². The van der Waals surface area contributed by atoms with Crippen LogP contribution in [0.4, 0.5) is 0 Å². The second-order valence-corrected chi connectivity index (χ2v) is 11.1. The van der Waals surface area contributed by atoms with Crippen LogP contribution in [0.15, 0.2) is 104 Å². The van der Waals surface area contributed by atoms with Gasteiger partial charge in [-0.05, 0) is 27.9 Å². The Balaban J connectivity index is 2.16. The molecule has 0 fully saturated rings. The number of rotatable bonds is 8. The van der Waals surface area contributed by atoms with E-state index in [1.165, 1.54) is 10.4 Å². The third kappa shape index (κ3) is 4.17. The van der Waals surface area contributed by atoms with E-state index in [1.54, 1.807) is 0 Å². The zero-order valence-corrected chi connectivity index (χ0v) is 16.8. The van der Waals surface area contributed by atoms with Crippen molar-refractivity contribution >= 4 is 23.9 Å². The molecule has 0 bridgehead atoms. The molecule has 27 heavy (non-hydrogen) atoms. The molecule has 2 heteroatoms. The highest BCUT2D eigenvalue weighted by Crippen LogP contribution is 2.22. The van der Waals surface area contributed by atoms with E-state index in [4.69, 9.17) is 0 Å². The number of carbonyl (C=O) groups is 1. The van der Waals surface area contributed by atoms with Crippen molar-refractivity contribution < 1.29 is 4.79 Å². The third-order valence-electron chi connectivity index (χ3n) is 5.25. The van der Waals surface area contributed by atoms with Crippen molar-refractivity contribution in [2.24, 2.45) is 5.92 Å². The summed E-state index contributed by atoms with van der Waals surface area (Å²) in [5.74, 6) is 0.275. The maximum absolute atomic E-state index is 13.9. The molecule has 3 rings (SSSR count). The average Bonchev–Trinajstić information content (AvgIpc) is 2.73. The van der Waals surface area contributed by atoms with Crippen molar-refractivity contribution in [3.8, 4) is 0 Å². The molecule has 3 aromatic carbocycles. The van der Waals surface area contributed by atoms with Crippen LogP contribution in [-0.4, -0.2) is 13.5 Å². The Morgan fingerprint density at radius 1 is 0.852 bits per heavy atom. The van der Waals surface area contributed by atoms with Crippen LogP contribution in [0.5, 0.6) is 0 Å². The molecule has 0 unspecified atom stereocenters. The fourth-order valence-electron chi connectivity index (χ4n) is 3.78. The first-order chi connectivity index (χ1) is 13.2. The van der Waals surface area contributed by atoms with E-state index in [0.717, 1.165) is 11.6 Å². The summed E-state index contributed by atoms with van der Waals surface area (Å²) in [7, 11) is -2.63. The van der Waals surface area contributed by atoms with Gasteiger partial charge in [-0.2, -0.15) is 0 Å². The smallest absolute Gasteiger partial charge is 0.194 e. The highest BCUT2D eigenvalue weighted by atomic mass is 28.3. The van der Waals surface area contributed by atoms with Gasteiger partial charge in [0.25, 0.3) is 0 Å². The summed E-state index contributed by atoms with van der Waals surface area (Å²) in [6.45, 7) is 6.15. The van der Waals surface area contributed by atoms with Crippen LogP contribution in [0, 0.1) is 5.92 Å². The van der Waals surface area contributed by atoms with Crippen molar-refractivity contribution in [3.05, 3.63) is 109 Å². The molecule has 1 nitrogen and oxygen atoms in total. The Morgan fingerprint density at radius 3 is 1.74 bits per heavy atom. The predicted octanol–water partition coefficient (Wildman–Crippen LogP) is 4.42. The van der Waals surface area contributed by atoms with E-state index < -0.39 is 8.07 Å². The van der Waals surface area contributed by atoms with Gasteiger partial charge in [-0.1, -0.05) is 104 Å². The Labute approximate surface area is 163 Å². The standard InChI is InChI=1S/C25H26OSi/c1-3-21(2)20-27(23-15-9-5-10-16-23,24-17-11-6-12-18-24)25(26)19-22-13-7-4-8-14-22/h3-18,21H,1,19-20H2,2H3/t21-/m0/s1. The van der Waals surface area contributed by atoms with Crippen LogP contribution >= 0.6 is 0 Å². The number of hydrogen-bond acceptors (Lipinski definition) is 1. The van der Waals surface area contributed by atoms with Crippen LogP contribution in [0.1, 0.15) is 12.5 Å². The SMILES string of the molecule is C=C[C@H](C)C[Si](C(=O)Cc1ccccc1)(c1ccccc1)c1ccccc1. The van der Waals surface area contributed by atoms with Crippen molar-refractivity contribution in [2.75, 3.05) is 0 Å². The van der Waals surface area contributed by atoms with Gasteiger partial charge in [0.15, 0.2) is 8.07 Å². The molecule has 0 aliphatic carbocycles. The van der Waals surface area contributed by atoms with Gasteiger partial charge in [0.2, 0.25) is 0 Å². The van der Waals surface area contributed by atoms with Crippen LogP contribution in [0.3, 0.4) is 0 Å². The minimum atomic E-state index is -2.63. The summed E-state index contributed by atoms with van der Waals surface area (Å²) in [6, 6.07) is 31.7. The van der Waals surface area contributed by atoms with Gasteiger partial charge in [-0.25, -0.2) is 0 Å². The van der Waals surface area contributed by atoms with Gasteiger partial charge in [0.05, 0.1) is 0 Å². The minimum absolute atomic E-state index is 0.275. The summed E-state index contributed by atoms with van der Waals surface area (Å²) in [4.78, 5) is 13.9. The van der Waals surface area contributed by atoms with Gasteiger partial charge < -0.3 is 4.79 Å². The number of carbonyl (C=O) groups excluding carboxylic acids is 1. The highest BCUT2D eigenvalue weighted by Gasteiger charge is 2.44. The lowest BCUT2D eigenvalue weighted by Crippen LogP contribution is -2.65. The van der Waals surface area contributed by atoms with E-state index in [0.29, 0.717) is 11.8 Å². The third-order valence-corrected chi connectivity index (χ3v) is 10.3. The molecule has 0 saturated carbocycles. The minimum Gasteiger partial charge on any atom is -0.304 e. The predicted molar refractivity (Wildman–Crippen MR) is 117 cm³/mol. The number of allylic oxidation sites excluding steroid dienone is 1. The van der Waals surface area contributed by atoms with Crippen molar-refractivity contribution in [1.29, 1.82) is 0 Å². The normalized spacial score (nSPS) is 12.3. The molecular formula is C25H26OSi. The molecule has 0 amide bonds. The molecule has 136 valence electrons. The second kappa shape index (κ2) is 8.78. The molecule has 0 spiro atoms.